The van der Waals surface area contributed by atoms with Crippen LogP contribution in [0, 0.1) is 0 Å². The fourth-order valence-corrected chi connectivity index (χ4v) is 1.88. The minimum absolute atomic E-state index is 0.251. The number of aromatic nitrogens is 3. The van der Waals surface area contributed by atoms with Crippen LogP contribution in [0.15, 0.2) is 23.1 Å². The van der Waals surface area contributed by atoms with Crippen molar-refractivity contribution in [1.29, 1.82) is 0 Å². The maximum atomic E-state index is 6.06. The molecule has 0 spiro atoms. The van der Waals surface area contributed by atoms with Gasteiger partial charge in [0.1, 0.15) is 17.3 Å². The molecule has 0 aliphatic rings. The van der Waals surface area contributed by atoms with Crippen LogP contribution in [-0.2, 0) is 6.54 Å². The molecule has 2 rings (SSSR count). The van der Waals surface area contributed by atoms with E-state index in [1.807, 2.05) is 13.8 Å². The molecule has 0 saturated heterocycles. The molecule has 0 saturated carbocycles. The van der Waals surface area contributed by atoms with Gasteiger partial charge in [0.2, 0.25) is 0 Å². The van der Waals surface area contributed by atoms with Gasteiger partial charge in [-0.15, -0.1) is 0 Å². The number of nitrogens with one attached hydrogen (secondary N) is 1. The summed E-state index contributed by atoms with van der Waals surface area (Å²) in [5, 5.41) is 7.29. The lowest BCUT2D eigenvalue weighted by molar-refractivity contribution is 0.388. The van der Waals surface area contributed by atoms with Crippen molar-refractivity contribution in [1.82, 2.24) is 15.1 Å². The Kier molecular flexibility index (Phi) is 3.58. The first kappa shape index (κ1) is 11.9. The van der Waals surface area contributed by atoms with E-state index in [9.17, 15) is 0 Å². The lowest BCUT2D eigenvalue weighted by Gasteiger charge is -2.13. The molecule has 17 heavy (non-hydrogen) atoms. The molecular weight excluding hydrogens is 240 g/mol. The van der Waals surface area contributed by atoms with E-state index < -0.39 is 0 Å². The van der Waals surface area contributed by atoms with Crippen LogP contribution in [0.5, 0.6) is 0 Å². The first-order valence-corrected chi connectivity index (χ1v) is 5.70. The highest BCUT2D eigenvalue weighted by atomic mass is 35.5. The molecule has 0 unspecified atom stereocenters. The zero-order chi connectivity index (χ0) is 12.3. The normalized spacial score (nSPS) is 10.8. The van der Waals surface area contributed by atoms with Crippen molar-refractivity contribution in [2.24, 2.45) is 0 Å². The number of anilines is 1. The molecule has 0 aliphatic carbocycles. The Morgan fingerprint density at radius 3 is 2.88 bits per heavy atom. The fourth-order valence-electron chi connectivity index (χ4n) is 1.53. The molecular formula is C11H13ClN4O. The third-order valence-electron chi connectivity index (χ3n) is 2.33. The second-order valence-corrected chi connectivity index (χ2v) is 4.27. The molecule has 5 nitrogen and oxygen atoms in total. The molecule has 0 amide bonds. The quantitative estimate of drug-likeness (QED) is 0.848. The number of halogens is 1. The predicted octanol–water partition coefficient (Wildman–Crippen LogP) is 2.85. The van der Waals surface area contributed by atoms with Crippen LogP contribution >= 0.6 is 11.6 Å². The highest BCUT2D eigenvalue weighted by Gasteiger charge is 2.13. The highest BCUT2D eigenvalue weighted by Crippen LogP contribution is 2.28. The zero-order valence-electron chi connectivity index (χ0n) is 9.64. The van der Waals surface area contributed by atoms with Gasteiger partial charge in [-0.05, 0) is 5.92 Å². The maximum absolute atomic E-state index is 6.06. The summed E-state index contributed by atoms with van der Waals surface area (Å²) >= 11 is 6.06. The standard InChI is InChI=1S/C11H13ClN4O/c1-7(2)9-10(12)14-6-15-11(9)13-5-8-3-4-16-17-8/h3-4,6-7H,5H2,1-2H3,(H,13,14,15). The van der Waals surface area contributed by atoms with Crippen LogP contribution in [0.3, 0.4) is 0 Å². The summed E-state index contributed by atoms with van der Waals surface area (Å²) in [4.78, 5) is 8.18. The number of hydrogen-bond donors (Lipinski definition) is 1. The summed E-state index contributed by atoms with van der Waals surface area (Å²) in [5.41, 5.74) is 0.911. The SMILES string of the molecule is CC(C)c1c(Cl)ncnc1NCc1ccno1. The van der Waals surface area contributed by atoms with E-state index in [2.05, 4.69) is 20.4 Å². The lowest BCUT2D eigenvalue weighted by atomic mass is 10.1. The summed E-state index contributed by atoms with van der Waals surface area (Å²) in [5.74, 6) is 1.73. The first-order chi connectivity index (χ1) is 8.18. The third-order valence-corrected chi connectivity index (χ3v) is 2.64. The third kappa shape index (κ3) is 2.74. The van der Waals surface area contributed by atoms with Gasteiger partial charge in [0.15, 0.2) is 5.76 Å². The summed E-state index contributed by atoms with van der Waals surface area (Å²) in [7, 11) is 0. The van der Waals surface area contributed by atoms with Crippen LogP contribution in [-0.4, -0.2) is 15.1 Å². The average Bonchev–Trinajstić information content (AvgIpc) is 2.78. The van der Waals surface area contributed by atoms with Gasteiger partial charge in [0.05, 0.1) is 12.7 Å². The van der Waals surface area contributed by atoms with E-state index in [0.717, 1.165) is 17.1 Å². The van der Waals surface area contributed by atoms with Crippen LogP contribution < -0.4 is 5.32 Å². The number of hydrogen-bond acceptors (Lipinski definition) is 5. The van der Waals surface area contributed by atoms with Crippen LogP contribution in [0.2, 0.25) is 5.15 Å². The van der Waals surface area contributed by atoms with E-state index in [1.54, 1.807) is 12.3 Å². The topological polar surface area (TPSA) is 63.8 Å². The van der Waals surface area contributed by atoms with Crippen molar-refractivity contribution in [3.63, 3.8) is 0 Å². The molecule has 0 fully saturated rings. The smallest absolute Gasteiger partial charge is 0.155 e. The average molecular weight is 253 g/mol. The Morgan fingerprint density at radius 1 is 1.41 bits per heavy atom. The van der Waals surface area contributed by atoms with Crippen molar-refractivity contribution in [2.45, 2.75) is 26.3 Å². The van der Waals surface area contributed by atoms with E-state index in [0.29, 0.717) is 11.7 Å². The maximum Gasteiger partial charge on any atom is 0.155 e. The fraction of sp³-hybridized carbons (Fsp3) is 0.364. The van der Waals surface area contributed by atoms with E-state index >= 15 is 0 Å². The molecule has 90 valence electrons. The highest BCUT2D eigenvalue weighted by molar-refractivity contribution is 6.30. The Labute approximate surface area is 104 Å². The first-order valence-electron chi connectivity index (χ1n) is 5.32. The molecule has 2 aromatic heterocycles. The van der Waals surface area contributed by atoms with Gasteiger partial charge < -0.3 is 9.84 Å². The second kappa shape index (κ2) is 5.14. The van der Waals surface area contributed by atoms with Crippen LogP contribution in [0.25, 0.3) is 0 Å². The summed E-state index contributed by atoms with van der Waals surface area (Å²) < 4.78 is 5.00. The van der Waals surface area contributed by atoms with Crippen molar-refractivity contribution >= 4 is 17.4 Å². The molecule has 0 atom stereocenters. The van der Waals surface area contributed by atoms with Crippen LogP contribution in [0.4, 0.5) is 5.82 Å². The molecule has 2 heterocycles. The van der Waals surface area contributed by atoms with Gasteiger partial charge in [-0.1, -0.05) is 30.6 Å². The van der Waals surface area contributed by atoms with Crippen molar-refractivity contribution < 1.29 is 4.52 Å². The molecule has 0 aliphatic heterocycles. The van der Waals surface area contributed by atoms with Gasteiger partial charge in [0, 0.05) is 11.6 Å². The number of nitrogens with zero attached hydrogens (tertiary/aromatic N) is 3. The molecule has 2 aromatic rings. The monoisotopic (exact) mass is 252 g/mol. The number of rotatable bonds is 4. The van der Waals surface area contributed by atoms with E-state index in [-0.39, 0.29) is 5.92 Å². The van der Waals surface area contributed by atoms with Crippen molar-refractivity contribution in [2.75, 3.05) is 5.32 Å². The second-order valence-electron chi connectivity index (χ2n) is 3.91. The van der Waals surface area contributed by atoms with Gasteiger partial charge in [-0.2, -0.15) is 0 Å². The van der Waals surface area contributed by atoms with Gasteiger partial charge >= 0.3 is 0 Å². The summed E-state index contributed by atoms with van der Waals surface area (Å²) in [6.07, 6.45) is 3.05. The van der Waals surface area contributed by atoms with Gasteiger partial charge in [0.25, 0.3) is 0 Å². The Hall–Kier alpha value is -1.62. The van der Waals surface area contributed by atoms with Crippen molar-refractivity contribution in [3.05, 3.63) is 35.1 Å². The summed E-state index contributed by atoms with van der Waals surface area (Å²) in [6.45, 7) is 4.61. The minimum atomic E-state index is 0.251. The Balaban J connectivity index is 2.18. The van der Waals surface area contributed by atoms with Gasteiger partial charge in [-0.3, -0.25) is 0 Å². The molecule has 6 heteroatoms. The molecule has 0 aromatic carbocycles. The molecule has 1 N–H and O–H groups in total. The largest absolute Gasteiger partial charge is 0.362 e. The Morgan fingerprint density at radius 2 is 2.24 bits per heavy atom. The van der Waals surface area contributed by atoms with Gasteiger partial charge in [-0.25, -0.2) is 9.97 Å². The lowest BCUT2D eigenvalue weighted by Crippen LogP contribution is -2.06. The van der Waals surface area contributed by atoms with Crippen molar-refractivity contribution in [3.8, 4) is 0 Å². The van der Waals surface area contributed by atoms with E-state index in [4.69, 9.17) is 16.1 Å². The molecule has 0 radical (unpaired) electrons. The minimum Gasteiger partial charge on any atom is -0.362 e. The summed E-state index contributed by atoms with van der Waals surface area (Å²) in [6, 6.07) is 1.80. The zero-order valence-corrected chi connectivity index (χ0v) is 10.4. The van der Waals surface area contributed by atoms with Crippen LogP contribution in [0.1, 0.15) is 31.1 Å². The molecule has 0 bridgehead atoms. The predicted molar refractivity (Wildman–Crippen MR) is 65.0 cm³/mol. The Bertz CT molecular complexity index is 484. The van der Waals surface area contributed by atoms with E-state index in [1.165, 1.54) is 6.33 Å².